The van der Waals surface area contributed by atoms with Crippen LogP contribution in [0.4, 0.5) is 0 Å². The molecule has 1 saturated heterocycles. The maximum Gasteiger partial charge on any atom is 0.251 e. The summed E-state index contributed by atoms with van der Waals surface area (Å²) in [4.78, 5) is 0. The molecule has 1 rings (SSSR count). The fourth-order valence-electron chi connectivity index (χ4n) is 1.35. The summed E-state index contributed by atoms with van der Waals surface area (Å²) in [6, 6.07) is 1.36. The van der Waals surface area contributed by atoms with Crippen LogP contribution in [0.2, 0.25) is 12.6 Å². The lowest BCUT2D eigenvalue weighted by Gasteiger charge is -2.23. The van der Waals surface area contributed by atoms with Gasteiger partial charge in [-0.2, -0.15) is 11.2 Å². The number of rotatable bonds is 2. The van der Waals surface area contributed by atoms with E-state index in [1.165, 1.54) is 18.2 Å². The molecule has 0 N–H and O–H groups in total. The van der Waals surface area contributed by atoms with Crippen LogP contribution in [0, 0.1) is 0 Å². The number of hydrogen-bond acceptors (Lipinski definition) is 2. The molecule has 0 aliphatic carbocycles. The van der Waals surface area contributed by atoms with Gasteiger partial charge in [-0.15, -0.1) is 0 Å². The molecule has 1 atom stereocenters. The highest BCUT2D eigenvalue weighted by molar-refractivity contribution is 8.28. The van der Waals surface area contributed by atoms with Crippen LogP contribution in [0.1, 0.15) is 20.3 Å². The Balaban J connectivity index is 2.36. The van der Waals surface area contributed by atoms with E-state index in [2.05, 4.69) is 31.6 Å². The van der Waals surface area contributed by atoms with Crippen molar-refractivity contribution < 1.29 is 4.43 Å². The Morgan fingerprint density at radius 2 is 2.20 bits per heavy atom. The van der Waals surface area contributed by atoms with Crippen LogP contribution in [0.15, 0.2) is 0 Å². The van der Waals surface area contributed by atoms with Gasteiger partial charge >= 0.3 is 0 Å². The van der Waals surface area contributed by atoms with E-state index in [1.807, 2.05) is 0 Å². The molecule has 1 aliphatic heterocycles. The molecule has 3 heteroatoms. The quantitative estimate of drug-likeness (QED) is 0.598. The van der Waals surface area contributed by atoms with Crippen molar-refractivity contribution in [1.29, 1.82) is 0 Å². The lowest BCUT2D eigenvalue weighted by atomic mass is 10.5. The lowest BCUT2D eigenvalue weighted by molar-refractivity contribution is 0.240. The highest BCUT2D eigenvalue weighted by Crippen LogP contribution is 2.35. The van der Waals surface area contributed by atoms with Gasteiger partial charge in [0.05, 0.1) is 0 Å². The standard InChI is InChI=1S/C7H16OSSi/c1-7(2)8-10(3)6-4-5-9-10/h7H,4-6H2,1-3H3. The molecular weight excluding hydrogens is 160 g/mol. The van der Waals surface area contributed by atoms with Gasteiger partial charge in [0, 0.05) is 6.10 Å². The van der Waals surface area contributed by atoms with E-state index in [-0.39, 0.29) is 0 Å². The Kier molecular flexibility index (Phi) is 2.83. The Bertz CT molecular complexity index is 110. The third-order valence-electron chi connectivity index (χ3n) is 1.67. The second kappa shape index (κ2) is 3.28. The van der Waals surface area contributed by atoms with Crippen LogP contribution in [-0.2, 0) is 4.43 Å². The molecule has 60 valence electrons. The average Bonchev–Trinajstić information content (AvgIpc) is 2.12. The number of hydrogen-bond donors (Lipinski definition) is 0. The molecule has 1 unspecified atom stereocenters. The average molecular weight is 176 g/mol. The van der Waals surface area contributed by atoms with Crippen molar-refractivity contribution in [2.45, 2.75) is 39.0 Å². The predicted molar refractivity (Wildman–Crippen MR) is 49.7 cm³/mol. The van der Waals surface area contributed by atoms with Crippen LogP contribution in [0.3, 0.4) is 0 Å². The summed E-state index contributed by atoms with van der Waals surface area (Å²) in [5, 5.41) is 0. The van der Waals surface area contributed by atoms with Crippen LogP contribution in [0.25, 0.3) is 0 Å². The van der Waals surface area contributed by atoms with Crippen molar-refractivity contribution in [1.82, 2.24) is 0 Å². The highest BCUT2D eigenvalue weighted by atomic mass is 32.4. The molecule has 0 bridgehead atoms. The first-order valence-corrected chi connectivity index (χ1v) is 8.27. The van der Waals surface area contributed by atoms with Gasteiger partial charge in [-0.1, -0.05) is 0 Å². The van der Waals surface area contributed by atoms with Crippen molar-refractivity contribution >= 4 is 18.7 Å². The van der Waals surface area contributed by atoms with Crippen molar-refractivity contribution in [2.75, 3.05) is 5.75 Å². The van der Waals surface area contributed by atoms with Gasteiger partial charge < -0.3 is 4.43 Å². The smallest absolute Gasteiger partial charge is 0.251 e. The molecule has 0 aromatic carbocycles. The molecule has 0 spiro atoms. The maximum atomic E-state index is 5.90. The van der Waals surface area contributed by atoms with E-state index in [1.54, 1.807) is 0 Å². The van der Waals surface area contributed by atoms with Gasteiger partial charge in [0.1, 0.15) is 0 Å². The second-order valence-corrected chi connectivity index (χ2v) is 10.4. The van der Waals surface area contributed by atoms with E-state index in [4.69, 9.17) is 4.43 Å². The minimum Gasteiger partial charge on any atom is -0.405 e. The molecule has 10 heavy (non-hydrogen) atoms. The van der Waals surface area contributed by atoms with Gasteiger partial charge in [0.25, 0.3) is 7.47 Å². The molecule has 1 heterocycles. The van der Waals surface area contributed by atoms with Gasteiger partial charge in [-0.3, -0.25) is 0 Å². The fourth-order valence-corrected chi connectivity index (χ4v) is 7.84. The van der Waals surface area contributed by atoms with Gasteiger partial charge in [0.15, 0.2) is 0 Å². The predicted octanol–water partition coefficient (Wildman–Crippen LogP) is 2.62. The Hall–Kier alpha value is 0.527. The Morgan fingerprint density at radius 3 is 2.60 bits per heavy atom. The van der Waals surface area contributed by atoms with Gasteiger partial charge in [-0.25, -0.2) is 0 Å². The first-order chi connectivity index (χ1) is 4.62. The molecule has 1 fully saturated rings. The van der Waals surface area contributed by atoms with Crippen LogP contribution in [0.5, 0.6) is 0 Å². The Labute approximate surface area is 68.3 Å². The molecule has 1 nitrogen and oxygen atoms in total. The molecule has 0 aromatic rings. The van der Waals surface area contributed by atoms with Crippen LogP contribution in [-0.4, -0.2) is 19.3 Å². The molecule has 0 aromatic heterocycles. The zero-order valence-electron chi connectivity index (χ0n) is 7.02. The lowest BCUT2D eigenvalue weighted by Crippen LogP contribution is -2.30. The summed E-state index contributed by atoms with van der Waals surface area (Å²) in [5.74, 6) is 1.33. The van der Waals surface area contributed by atoms with Crippen LogP contribution < -0.4 is 0 Å². The first-order valence-electron chi connectivity index (χ1n) is 3.94. The van der Waals surface area contributed by atoms with E-state index in [9.17, 15) is 0 Å². The second-order valence-electron chi connectivity index (χ2n) is 3.25. The highest BCUT2D eigenvalue weighted by Gasteiger charge is 2.34. The molecular formula is C7H16OSSi. The third kappa shape index (κ3) is 2.29. The molecule has 0 saturated carbocycles. The van der Waals surface area contributed by atoms with Crippen molar-refractivity contribution in [3.8, 4) is 0 Å². The van der Waals surface area contributed by atoms with Gasteiger partial charge in [0.2, 0.25) is 0 Å². The summed E-state index contributed by atoms with van der Waals surface area (Å²) in [7, 11) is -1.23. The monoisotopic (exact) mass is 176 g/mol. The topological polar surface area (TPSA) is 9.23 Å². The summed E-state index contributed by atoms with van der Waals surface area (Å²) in [6.45, 7) is 6.61. The summed E-state index contributed by atoms with van der Waals surface area (Å²) < 4.78 is 5.90. The SMILES string of the molecule is CC(C)O[Si]1(C)CCCS1. The van der Waals surface area contributed by atoms with Crippen molar-refractivity contribution in [3.63, 3.8) is 0 Å². The fraction of sp³-hybridized carbons (Fsp3) is 1.00. The van der Waals surface area contributed by atoms with E-state index >= 15 is 0 Å². The molecule has 0 radical (unpaired) electrons. The van der Waals surface area contributed by atoms with E-state index < -0.39 is 7.47 Å². The minimum absolute atomic E-state index is 0.433. The van der Waals surface area contributed by atoms with E-state index in [0.29, 0.717) is 6.10 Å². The summed E-state index contributed by atoms with van der Waals surface area (Å²) in [6.07, 6.45) is 1.81. The van der Waals surface area contributed by atoms with E-state index in [0.717, 1.165) is 0 Å². The van der Waals surface area contributed by atoms with Crippen LogP contribution >= 0.6 is 11.2 Å². The normalized spacial score (nSPS) is 33.6. The third-order valence-corrected chi connectivity index (χ3v) is 8.35. The minimum atomic E-state index is -1.23. The van der Waals surface area contributed by atoms with Gasteiger partial charge in [-0.05, 0) is 38.6 Å². The zero-order valence-corrected chi connectivity index (χ0v) is 8.83. The molecule has 0 amide bonds. The molecule has 1 aliphatic rings. The van der Waals surface area contributed by atoms with Crippen molar-refractivity contribution in [2.24, 2.45) is 0 Å². The Morgan fingerprint density at radius 1 is 1.50 bits per heavy atom. The summed E-state index contributed by atoms with van der Waals surface area (Å²) in [5.41, 5.74) is 0. The summed E-state index contributed by atoms with van der Waals surface area (Å²) >= 11 is 2.09. The first kappa shape index (κ1) is 8.62. The zero-order chi connectivity index (χ0) is 7.61. The maximum absolute atomic E-state index is 5.90. The van der Waals surface area contributed by atoms with Crippen molar-refractivity contribution in [3.05, 3.63) is 0 Å². The largest absolute Gasteiger partial charge is 0.405 e.